The molecule has 0 spiro atoms. The summed E-state index contributed by atoms with van der Waals surface area (Å²) >= 11 is 0. The van der Waals surface area contributed by atoms with Gasteiger partial charge in [0, 0.05) is 31.0 Å². The predicted molar refractivity (Wildman–Crippen MR) is 105 cm³/mol. The molecule has 0 aliphatic carbocycles. The number of aryl methyl sites for hydroxylation is 1. The van der Waals surface area contributed by atoms with E-state index in [0.717, 1.165) is 54.1 Å². The van der Waals surface area contributed by atoms with E-state index in [-0.39, 0.29) is 5.91 Å². The van der Waals surface area contributed by atoms with Crippen LogP contribution in [0.1, 0.15) is 47.3 Å². The number of benzene rings is 1. The molecule has 0 bridgehead atoms. The second-order valence-corrected chi connectivity index (χ2v) is 7.17. The minimum Gasteiger partial charge on any atom is -0.487 e. The second-order valence-electron chi connectivity index (χ2n) is 7.17. The van der Waals surface area contributed by atoms with Gasteiger partial charge < -0.3 is 14.0 Å². The Hall–Kier alpha value is -2.82. The smallest absolute Gasteiger partial charge is 0.253 e. The maximum absolute atomic E-state index is 12.6. The highest BCUT2D eigenvalue weighted by Crippen LogP contribution is 2.18. The molecule has 0 atom stereocenters. The molecule has 1 aromatic carbocycles. The third kappa shape index (κ3) is 3.97. The molecule has 2 aromatic heterocycles. The molecule has 1 amide bonds. The number of imidazole rings is 1. The van der Waals surface area contributed by atoms with Gasteiger partial charge in [0.15, 0.2) is 0 Å². The van der Waals surface area contributed by atoms with E-state index >= 15 is 0 Å². The van der Waals surface area contributed by atoms with Crippen molar-refractivity contribution in [1.29, 1.82) is 0 Å². The molecule has 1 fully saturated rings. The number of rotatable bonds is 4. The molecule has 3 aromatic rings. The Morgan fingerprint density at radius 2 is 1.81 bits per heavy atom. The van der Waals surface area contributed by atoms with Gasteiger partial charge in [-0.15, -0.1) is 0 Å². The Balaban J connectivity index is 1.39. The van der Waals surface area contributed by atoms with Gasteiger partial charge in [-0.25, -0.2) is 4.98 Å². The quantitative estimate of drug-likeness (QED) is 0.697. The highest BCUT2D eigenvalue weighted by molar-refractivity contribution is 5.94. The van der Waals surface area contributed by atoms with E-state index in [4.69, 9.17) is 4.74 Å². The van der Waals surface area contributed by atoms with Crippen LogP contribution in [0.4, 0.5) is 0 Å². The van der Waals surface area contributed by atoms with Gasteiger partial charge in [0.05, 0.1) is 5.69 Å². The van der Waals surface area contributed by atoms with Crippen molar-refractivity contribution in [2.75, 3.05) is 13.1 Å². The first-order chi connectivity index (χ1) is 13.2. The third-order valence-corrected chi connectivity index (χ3v) is 5.11. The maximum atomic E-state index is 12.6. The lowest BCUT2D eigenvalue weighted by Crippen LogP contribution is -2.31. The van der Waals surface area contributed by atoms with Crippen LogP contribution >= 0.6 is 0 Å². The Bertz CT molecular complexity index is 922. The van der Waals surface area contributed by atoms with Crippen molar-refractivity contribution in [1.82, 2.24) is 14.3 Å². The molecular weight excluding hydrogens is 338 g/mol. The van der Waals surface area contributed by atoms with Crippen molar-refractivity contribution >= 4 is 11.6 Å². The summed E-state index contributed by atoms with van der Waals surface area (Å²) in [5, 5.41) is 0. The van der Waals surface area contributed by atoms with Crippen LogP contribution in [0.5, 0.6) is 5.75 Å². The molecular formula is C22H25N3O2. The molecule has 0 unspecified atom stereocenters. The Morgan fingerprint density at radius 3 is 2.52 bits per heavy atom. The van der Waals surface area contributed by atoms with E-state index in [2.05, 4.69) is 4.98 Å². The molecule has 0 radical (unpaired) electrons. The minimum atomic E-state index is 0.124. The molecule has 1 aliphatic heterocycles. The molecule has 3 heterocycles. The first kappa shape index (κ1) is 17.6. The summed E-state index contributed by atoms with van der Waals surface area (Å²) in [6, 6.07) is 11.5. The molecule has 1 aliphatic rings. The summed E-state index contributed by atoms with van der Waals surface area (Å²) in [7, 11) is 0. The lowest BCUT2D eigenvalue weighted by Gasteiger charge is -2.20. The third-order valence-electron chi connectivity index (χ3n) is 5.11. The SMILES string of the molecule is Cc1cccn2cc(COc3ccc(C(=O)N4CCCCCC4)cc3)nc12. The van der Waals surface area contributed by atoms with Gasteiger partial charge in [-0.2, -0.15) is 0 Å². The standard InChI is InChI=1S/C22H25N3O2/c1-17-7-6-14-25-15-19(23-21(17)25)16-27-20-10-8-18(9-11-20)22(26)24-12-4-2-3-5-13-24/h6-11,14-15H,2-5,12-13,16H2,1H3. The first-order valence-corrected chi connectivity index (χ1v) is 9.66. The Morgan fingerprint density at radius 1 is 1.07 bits per heavy atom. The van der Waals surface area contributed by atoms with E-state index in [1.165, 1.54) is 12.8 Å². The van der Waals surface area contributed by atoms with Crippen molar-refractivity contribution < 1.29 is 9.53 Å². The van der Waals surface area contributed by atoms with Crippen LogP contribution < -0.4 is 4.74 Å². The molecule has 0 N–H and O–H groups in total. The maximum Gasteiger partial charge on any atom is 0.253 e. The van der Waals surface area contributed by atoms with Crippen LogP contribution in [0.2, 0.25) is 0 Å². The zero-order valence-corrected chi connectivity index (χ0v) is 15.7. The summed E-state index contributed by atoms with van der Waals surface area (Å²) in [5.74, 6) is 0.871. The second kappa shape index (κ2) is 7.82. The van der Waals surface area contributed by atoms with E-state index in [1.807, 2.05) is 65.0 Å². The number of pyridine rings is 1. The molecule has 0 saturated carbocycles. The van der Waals surface area contributed by atoms with Crippen molar-refractivity contribution in [3.63, 3.8) is 0 Å². The number of ether oxygens (including phenoxy) is 1. The summed E-state index contributed by atoms with van der Waals surface area (Å²) < 4.78 is 7.87. The van der Waals surface area contributed by atoms with E-state index < -0.39 is 0 Å². The average molecular weight is 363 g/mol. The largest absolute Gasteiger partial charge is 0.487 e. The topological polar surface area (TPSA) is 46.8 Å². The van der Waals surface area contributed by atoms with Crippen LogP contribution in [-0.4, -0.2) is 33.3 Å². The lowest BCUT2D eigenvalue weighted by atomic mass is 10.2. The Labute approximate surface area is 159 Å². The molecule has 5 nitrogen and oxygen atoms in total. The van der Waals surface area contributed by atoms with Gasteiger partial charge >= 0.3 is 0 Å². The summed E-state index contributed by atoms with van der Waals surface area (Å²) in [6.45, 7) is 4.18. The van der Waals surface area contributed by atoms with Crippen molar-refractivity contribution in [2.45, 2.75) is 39.2 Å². The molecule has 5 heteroatoms. The van der Waals surface area contributed by atoms with E-state index in [0.29, 0.717) is 6.61 Å². The van der Waals surface area contributed by atoms with Crippen molar-refractivity contribution in [2.24, 2.45) is 0 Å². The van der Waals surface area contributed by atoms with Gasteiger partial charge in [0.25, 0.3) is 5.91 Å². The highest BCUT2D eigenvalue weighted by atomic mass is 16.5. The number of hydrogen-bond acceptors (Lipinski definition) is 3. The predicted octanol–water partition coefficient (Wildman–Crippen LogP) is 4.24. The van der Waals surface area contributed by atoms with Crippen molar-refractivity contribution in [3.8, 4) is 5.75 Å². The number of nitrogens with zero attached hydrogens (tertiary/aromatic N) is 3. The normalized spacial score (nSPS) is 14.9. The van der Waals surface area contributed by atoms with Crippen LogP contribution in [0.15, 0.2) is 48.8 Å². The number of amides is 1. The molecule has 27 heavy (non-hydrogen) atoms. The van der Waals surface area contributed by atoms with Gasteiger partial charge in [-0.05, 0) is 55.7 Å². The van der Waals surface area contributed by atoms with Crippen LogP contribution in [0.25, 0.3) is 5.65 Å². The fraction of sp³-hybridized carbons (Fsp3) is 0.364. The van der Waals surface area contributed by atoms with Gasteiger partial charge in [0.1, 0.15) is 18.0 Å². The first-order valence-electron chi connectivity index (χ1n) is 9.66. The monoisotopic (exact) mass is 363 g/mol. The number of fused-ring (bicyclic) bond motifs is 1. The van der Waals surface area contributed by atoms with E-state index in [9.17, 15) is 4.79 Å². The number of likely N-dealkylation sites (tertiary alicyclic amines) is 1. The number of carbonyl (C=O) groups excluding carboxylic acids is 1. The number of aromatic nitrogens is 2. The zero-order chi connectivity index (χ0) is 18.6. The minimum absolute atomic E-state index is 0.124. The average Bonchev–Trinajstić information content (AvgIpc) is 2.93. The summed E-state index contributed by atoms with van der Waals surface area (Å²) in [6.07, 6.45) is 8.62. The van der Waals surface area contributed by atoms with Gasteiger partial charge in [-0.3, -0.25) is 4.79 Å². The number of carbonyl (C=O) groups is 1. The fourth-order valence-electron chi connectivity index (χ4n) is 3.58. The fourth-order valence-corrected chi connectivity index (χ4v) is 3.58. The van der Waals surface area contributed by atoms with Crippen molar-refractivity contribution in [3.05, 3.63) is 65.6 Å². The number of hydrogen-bond donors (Lipinski definition) is 0. The Kier molecular flexibility index (Phi) is 5.10. The zero-order valence-electron chi connectivity index (χ0n) is 15.7. The highest BCUT2D eigenvalue weighted by Gasteiger charge is 2.17. The summed E-state index contributed by atoms with van der Waals surface area (Å²) in [4.78, 5) is 19.2. The van der Waals surface area contributed by atoms with Crippen LogP contribution in [0, 0.1) is 6.92 Å². The van der Waals surface area contributed by atoms with E-state index in [1.54, 1.807) is 0 Å². The molecule has 4 rings (SSSR count). The summed E-state index contributed by atoms with van der Waals surface area (Å²) in [5.41, 5.74) is 3.70. The lowest BCUT2D eigenvalue weighted by molar-refractivity contribution is 0.0761. The van der Waals surface area contributed by atoms with Gasteiger partial charge in [-0.1, -0.05) is 18.9 Å². The molecule has 1 saturated heterocycles. The van der Waals surface area contributed by atoms with Crippen LogP contribution in [0.3, 0.4) is 0 Å². The van der Waals surface area contributed by atoms with Gasteiger partial charge in [0.2, 0.25) is 0 Å². The van der Waals surface area contributed by atoms with Crippen LogP contribution in [-0.2, 0) is 6.61 Å². The molecule has 140 valence electrons.